The molecular weight excluding hydrogens is 254 g/mol. The van der Waals surface area contributed by atoms with Crippen LogP contribution in [0.4, 0.5) is 0 Å². The van der Waals surface area contributed by atoms with Gasteiger partial charge in [-0.25, -0.2) is 4.98 Å². The molecule has 0 fully saturated rings. The predicted molar refractivity (Wildman–Crippen MR) is 79.3 cm³/mol. The average Bonchev–Trinajstić information content (AvgIpc) is 2.50. The van der Waals surface area contributed by atoms with Crippen molar-refractivity contribution in [3.63, 3.8) is 0 Å². The van der Waals surface area contributed by atoms with Crippen molar-refractivity contribution in [2.24, 2.45) is 10.9 Å². The molecule has 2 rings (SSSR count). The summed E-state index contributed by atoms with van der Waals surface area (Å²) in [5.74, 6) is 0.420. The van der Waals surface area contributed by atoms with E-state index >= 15 is 0 Å². The topological polar surface area (TPSA) is 80.7 Å². The molecule has 20 heavy (non-hydrogen) atoms. The second-order valence-corrected chi connectivity index (χ2v) is 4.57. The number of para-hydroxylation sites is 1. The van der Waals surface area contributed by atoms with Crippen LogP contribution in [0.15, 0.2) is 35.5 Å². The number of fused-ring (bicyclic) bond motifs is 1. The molecule has 0 saturated heterocycles. The normalized spacial score (nSPS) is 11.8. The van der Waals surface area contributed by atoms with Gasteiger partial charge in [0.25, 0.3) is 0 Å². The molecule has 0 aliphatic heterocycles. The molecule has 0 bridgehead atoms. The summed E-state index contributed by atoms with van der Waals surface area (Å²) in [6.07, 6.45) is 3.19. The summed E-state index contributed by atoms with van der Waals surface area (Å²) >= 11 is 0. The second-order valence-electron chi connectivity index (χ2n) is 4.57. The largest absolute Gasteiger partial charge is 0.477 e. The van der Waals surface area contributed by atoms with Crippen LogP contribution in [0.1, 0.15) is 31.7 Å². The van der Waals surface area contributed by atoms with Gasteiger partial charge in [-0.15, -0.1) is 0 Å². The number of nitrogens with two attached hydrogens (primary N) is 1. The third-order valence-corrected chi connectivity index (χ3v) is 3.06. The number of nitrogens with zero attached hydrogens (tertiary/aromatic N) is 2. The van der Waals surface area contributed by atoms with Crippen LogP contribution >= 0.6 is 0 Å². The van der Waals surface area contributed by atoms with Gasteiger partial charge in [0.1, 0.15) is 0 Å². The summed E-state index contributed by atoms with van der Waals surface area (Å²) in [4.78, 5) is 4.45. The van der Waals surface area contributed by atoms with Gasteiger partial charge in [0.2, 0.25) is 5.88 Å². The summed E-state index contributed by atoms with van der Waals surface area (Å²) < 4.78 is 5.69. The van der Waals surface area contributed by atoms with Crippen LogP contribution in [0.2, 0.25) is 0 Å². The predicted octanol–water partition coefficient (Wildman–Crippen LogP) is 2.90. The van der Waals surface area contributed by atoms with Crippen LogP contribution in [0.3, 0.4) is 0 Å². The van der Waals surface area contributed by atoms with E-state index in [0.29, 0.717) is 18.1 Å². The Morgan fingerprint density at radius 1 is 1.35 bits per heavy atom. The maximum atomic E-state index is 8.87. The van der Waals surface area contributed by atoms with Crippen LogP contribution in [0.5, 0.6) is 5.88 Å². The number of pyridine rings is 1. The van der Waals surface area contributed by atoms with Gasteiger partial charge >= 0.3 is 0 Å². The third kappa shape index (κ3) is 3.17. The highest BCUT2D eigenvalue weighted by Gasteiger charge is 2.12. The van der Waals surface area contributed by atoms with E-state index in [2.05, 4.69) is 17.1 Å². The van der Waals surface area contributed by atoms with Gasteiger partial charge in [0.05, 0.1) is 17.7 Å². The molecule has 3 N–H and O–H groups in total. The number of ether oxygens (including phenoxy) is 1. The van der Waals surface area contributed by atoms with Crippen molar-refractivity contribution < 1.29 is 9.94 Å². The van der Waals surface area contributed by atoms with Gasteiger partial charge in [-0.2, -0.15) is 0 Å². The highest BCUT2D eigenvalue weighted by Crippen LogP contribution is 2.22. The zero-order valence-electron chi connectivity index (χ0n) is 11.5. The first-order valence-corrected chi connectivity index (χ1v) is 6.76. The zero-order valence-corrected chi connectivity index (χ0v) is 11.5. The molecule has 0 atom stereocenters. The maximum absolute atomic E-state index is 8.87. The minimum absolute atomic E-state index is 0.00810. The quantitative estimate of drug-likeness (QED) is 0.279. The number of benzene rings is 1. The lowest BCUT2D eigenvalue weighted by Gasteiger charge is -2.11. The molecule has 106 valence electrons. The van der Waals surface area contributed by atoms with Gasteiger partial charge in [0.15, 0.2) is 5.84 Å². The first-order chi connectivity index (χ1) is 9.76. The molecule has 0 aliphatic rings. The van der Waals surface area contributed by atoms with Crippen molar-refractivity contribution in [3.05, 3.63) is 35.9 Å². The summed E-state index contributed by atoms with van der Waals surface area (Å²) in [7, 11) is 0. The van der Waals surface area contributed by atoms with Crippen molar-refractivity contribution in [3.8, 4) is 5.88 Å². The number of oxime groups is 1. The van der Waals surface area contributed by atoms with Crippen molar-refractivity contribution in [2.45, 2.75) is 26.2 Å². The summed E-state index contributed by atoms with van der Waals surface area (Å²) in [6.45, 7) is 2.71. The van der Waals surface area contributed by atoms with Crippen LogP contribution in [0, 0.1) is 0 Å². The number of amidine groups is 1. The molecular formula is C15H19N3O2. The third-order valence-electron chi connectivity index (χ3n) is 3.06. The second kappa shape index (κ2) is 6.75. The summed E-state index contributed by atoms with van der Waals surface area (Å²) in [6, 6.07) is 9.50. The van der Waals surface area contributed by atoms with Crippen LogP contribution in [0.25, 0.3) is 10.9 Å². The number of rotatable bonds is 6. The Labute approximate surface area is 118 Å². The molecule has 2 aromatic rings. The molecule has 0 aliphatic carbocycles. The van der Waals surface area contributed by atoms with Crippen molar-refractivity contribution in [1.82, 2.24) is 4.98 Å². The Morgan fingerprint density at radius 2 is 2.15 bits per heavy atom. The van der Waals surface area contributed by atoms with Gasteiger partial charge in [-0.05, 0) is 18.6 Å². The number of aromatic nitrogens is 1. The van der Waals surface area contributed by atoms with Gasteiger partial charge in [0, 0.05) is 5.39 Å². The van der Waals surface area contributed by atoms with Crippen molar-refractivity contribution in [1.29, 1.82) is 0 Å². The molecule has 1 heterocycles. The van der Waals surface area contributed by atoms with Gasteiger partial charge in [-0.3, -0.25) is 0 Å². The first kappa shape index (κ1) is 14.1. The molecule has 1 aromatic carbocycles. The Bertz CT molecular complexity index is 611. The SMILES string of the molecule is CCCCCOc1nc2ccccc2cc1C(N)=NO. The Hall–Kier alpha value is -2.30. The summed E-state index contributed by atoms with van der Waals surface area (Å²) in [5, 5.41) is 12.8. The molecule has 5 heteroatoms. The van der Waals surface area contributed by atoms with Gasteiger partial charge < -0.3 is 15.7 Å². The lowest BCUT2D eigenvalue weighted by Crippen LogP contribution is -2.16. The van der Waals surface area contributed by atoms with Crippen LogP contribution in [-0.2, 0) is 0 Å². The lowest BCUT2D eigenvalue weighted by atomic mass is 10.1. The fourth-order valence-corrected chi connectivity index (χ4v) is 1.97. The Morgan fingerprint density at radius 3 is 2.90 bits per heavy atom. The lowest BCUT2D eigenvalue weighted by molar-refractivity contribution is 0.294. The number of hydrogen-bond acceptors (Lipinski definition) is 4. The molecule has 0 saturated carbocycles. The maximum Gasteiger partial charge on any atom is 0.225 e. The van der Waals surface area contributed by atoms with Crippen molar-refractivity contribution >= 4 is 16.7 Å². The van der Waals surface area contributed by atoms with Crippen LogP contribution < -0.4 is 10.5 Å². The van der Waals surface area contributed by atoms with E-state index in [4.69, 9.17) is 15.7 Å². The Kier molecular flexibility index (Phi) is 4.76. The monoisotopic (exact) mass is 273 g/mol. The molecule has 0 unspecified atom stereocenters. The van der Waals surface area contributed by atoms with E-state index in [1.165, 1.54) is 0 Å². The highest BCUT2D eigenvalue weighted by molar-refractivity contribution is 6.02. The highest BCUT2D eigenvalue weighted by atomic mass is 16.5. The van der Waals surface area contributed by atoms with Crippen molar-refractivity contribution in [2.75, 3.05) is 6.61 Å². The standard InChI is InChI=1S/C15H19N3O2/c1-2-3-6-9-20-15-12(14(16)18-19)10-11-7-4-5-8-13(11)17-15/h4-5,7-8,10,19H,2-3,6,9H2,1H3,(H2,16,18). The van der Waals surface area contributed by atoms with E-state index in [1.54, 1.807) is 0 Å². The van der Waals surface area contributed by atoms with E-state index in [-0.39, 0.29) is 5.84 Å². The van der Waals surface area contributed by atoms with E-state index < -0.39 is 0 Å². The average molecular weight is 273 g/mol. The number of unbranched alkanes of at least 4 members (excludes halogenated alkanes) is 2. The van der Waals surface area contributed by atoms with E-state index in [9.17, 15) is 0 Å². The zero-order chi connectivity index (χ0) is 14.4. The summed E-state index contributed by atoms with van der Waals surface area (Å²) in [5.41, 5.74) is 7.04. The van der Waals surface area contributed by atoms with E-state index in [1.807, 2.05) is 30.3 Å². The number of hydrogen-bond donors (Lipinski definition) is 2. The van der Waals surface area contributed by atoms with Crippen LogP contribution in [-0.4, -0.2) is 22.6 Å². The smallest absolute Gasteiger partial charge is 0.225 e. The molecule has 5 nitrogen and oxygen atoms in total. The Balaban J connectivity index is 2.33. The fraction of sp³-hybridized carbons (Fsp3) is 0.333. The van der Waals surface area contributed by atoms with E-state index in [0.717, 1.165) is 30.2 Å². The molecule has 0 amide bonds. The first-order valence-electron chi connectivity index (χ1n) is 6.76. The minimum atomic E-state index is 0.00810. The minimum Gasteiger partial charge on any atom is -0.477 e. The van der Waals surface area contributed by atoms with Gasteiger partial charge in [-0.1, -0.05) is 43.1 Å². The molecule has 1 aromatic heterocycles. The fourth-order valence-electron chi connectivity index (χ4n) is 1.97. The molecule has 0 spiro atoms. The molecule has 0 radical (unpaired) electrons.